The molecular formula is C23H22FN3O2S. The Morgan fingerprint density at radius 1 is 1.23 bits per heavy atom. The predicted octanol–water partition coefficient (Wildman–Crippen LogP) is 4.72. The number of benzene rings is 1. The van der Waals surface area contributed by atoms with Crippen LogP contribution in [0.5, 0.6) is 5.88 Å². The van der Waals surface area contributed by atoms with Crippen LogP contribution in [-0.2, 0) is 0 Å². The molecule has 1 atom stereocenters. The van der Waals surface area contributed by atoms with Gasteiger partial charge in [0.1, 0.15) is 17.4 Å². The molecule has 1 amide bonds. The number of pyridine rings is 1. The Morgan fingerprint density at radius 2 is 2.10 bits per heavy atom. The first-order valence-electron chi connectivity index (χ1n) is 10.2. The minimum absolute atomic E-state index is 0.0217. The molecule has 0 spiro atoms. The van der Waals surface area contributed by atoms with Gasteiger partial charge in [-0.3, -0.25) is 4.79 Å². The zero-order valence-electron chi connectivity index (χ0n) is 16.6. The highest BCUT2D eigenvalue weighted by molar-refractivity contribution is 7.13. The molecule has 2 aliphatic heterocycles. The second-order valence-corrected chi connectivity index (χ2v) is 9.00. The standard InChI is InChI=1S/C23H22FN3O2S/c1-14-2-4-19(22-25-6-7-30-22)20(8-14)23(28)27-17-9-15(10-17)11-18(27)13-29-21-5-3-16(24)12-26-21/h2-8,12,15,17-18H,9-11,13H2,1H3/t15?,17?,18-/m0/s1. The summed E-state index contributed by atoms with van der Waals surface area (Å²) in [6.07, 6.45) is 5.92. The summed E-state index contributed by atoms with van der Waals surface area (Å²) in [7, 11) is 0. The monoisotopic (exact) mass is 423 g/mol. The smallest absolute Gasteiger partial charge is 0.255 e. The van der Waals surface area contributed by atoms with Gasteiger partial charge in [0.25, 0.3) is 5.91 Å². The molecule has 2 saturated heterocycles. The molecule has 0 radical (unpaired) electrons. The Hall–Kier alpha value is -2.80. The van der Waals surface area contributed by atoms with E-state index in [1.54, 1.807) is 6.20 Å². The van der Waals surface area contributed by atoms with Crippen molar-refractivity contribution in [2.45, 2.75) is 38.3 Å². The normalized spacial score (nSPS) is 22.5. The molecule has 7 heteroatoms. The first-order valence-corrected chi connectivity index (χ1v) is 11.0. The van der Waals surface area contributed by atoms with Gasteiger partial charge in [0.05, 0.1) is 17.8 Å². The summed E-state index contributed by atoms with van der Waals surface area (Å²) in [5.41, 5.74) is 2.62. The number of nitrogens with zero attached hydrogens (tertiary/aromatic N) is 3. The lowest BCUT2D eigenvalue weighted by atomic mass is 9.70. The van der Waals surface area contributed by atoms with Gasteiger partial charge in [0.15, 0.2) is 0 Å². The zero-order chi connectivity index (χ0) is 20.7. The van der Waals surface area contributed by atoms with Gasteiger partial charge in [-0.2, -0.15) is 0 Å². The van der Waals surface area contributed by atoms with E-state index in [2.05, 4.69) is 9.97 Å². The van der Waals surface area contributed by atoms with Crippen LogP contribution in [0.25, 0.3) is 10.6 Å². The first-order chi connectivity index (χ1) is 14.6. The number of piperidine rings is 2. The number of rotatable bonds is 5. The van der Waals surface area contributed by atoms with Crippen LogP contribution < -0.4 is 4.74 Å². The van der Waals surface area contributed by atoms with Crippen molar-refractivity contribution >= 4 is 17.2 Å². The van der Waals surface area contributed by atoms with Crippen molar-refractivity contribution in [2.75, 3.05) is 6.61 Å². The number of ether oxygens (including phenoxy) is 1. The fourth-order valence-electron chi connectivity index (χ4n) is 4.54. The molecule has 6 rings (SSSR count). The molecule has 3 fully saturated rings. The van der Waals surface area contributed by atoms with Crippen LogP contribution in [0.15, 0.2) is 48.1 Å². The topological polar surface area (TPSA) is 55.3 Å². The van der Waals surface area contributed by atoms with Gasteiger partial charge < -0.3 is 9.64 Å². The van der Waals surface area contributed by atoms with Crippen LogP contribution in [0, 0.1) is 18.7 Å². The molecule has 2 aromatic heterocycles. The van der Waals surface area contributed by atoms with Crippen molar-refractivity contribution in [3.05, 3.63) is 65.0 Å². The van der Waals surface area contributed by atoms with E-state index in [0.29, 0.717) is 24.0 Å². The number of aryl methyl sites for hydroxylation is 1. The van der Waals surface area contributed by atoms with Crippen LogP contribution in [-0.4, -0.2) is 39.5 Å². The van der Waals surface area contributed by atoms with Crippen molar-refractivity contribution in [1.29, 1.82) is 0 Å². The predicted molar refractivity (Wildman–Crippen MR) is 113 cm³/mol. The summed E-state index contributed by atoms with van der Waals surface area (Å²) >= 11 is 1.53. The average molecular weight is 424 g/mol. The van der Waals surface area contributed by atoms with Crippen LogP contribution >= 0.6 is 11.3 Å². The Labute approximate surface area is 178 Å². The molecule has 1 aromatic carbocycles. The molecule has 0 unspecified atom stereocenters. The average Bonchev–Trinajstić information content (AvgIpc) is 3.26. The summed E-state index contributed by atoms with van der Waals surface area (Å²) < 4.78 is 18.9. The van der Waals surface area contributed by atoms with E-state index >= 15 is 0 Å². The van der Waals surface area contributed by atoms with E-state index in [9.17, 15) is 9.18 Å². The van der Waals surface area contributed by atoms with Crippen molar-refractivity contribution in [1.82, 2.24) is 14.9 Å². The molecule has 30 heavy (non-hydrogen) atoms. The van der Waals surface area contributed by atoms with Crippen LogP contribution in [0.2, 0.25) is 0 Å². The Morgan fingerprint density at radius 3 is 2.83 bits per heavy atom. The van der Waals surface area contributed by atoms with Crippen molar-refractivity contribution < 1.29 is 13.9 Å². The Kier molecular flexibility index (Phi) is 4.98. The lowest BCUT2D eigenvalue weighted by Crippen LogP contribution is -2.60. The second-order valence-electron chi connectivity index (χ2n) is 8.11. The van der Waals surface area contributed by atoms with E-state index in [0.717, 1.165) is 41.6 Å². The molecule has 154 valence electrons. The Balaban J connectivity index is 1.42. The van der Waals surface area contributed by atoms with E-state index in [1.807, 2.05) is 35.4 Å². The van der Waals surface area contributed by atoms with Gasteiger partial charge in [0.2, 0.25) is 5.88 Å². The van der Waals surface area contributed by atoms with E-state index in [4.69, 9.17) is 4.74 Å². The molecule has 2 bridgehead atoms. The lowest BCUT2D eigenvalue weighted by molar-refractivity contribution is -0.0310. The molecule has 3 aromatic rings. The Bertz CT molecular complexity index is 1050. The fraction of sp³-hybridized carbons (Fsp3) is 0.348. The maximum Gasteiger partial charge on any atom is 0.255 e. The van der Waals surface area contributed by atoms with Gasteiger partial charge in [0, 0.05) is 29.2 Å². The number of halogens is 1. The maximum absolute atomic E-state index is 13.8. The van der Waals surface area contributed by atoms with Crippen molar-refractivity contribution in [2.24, 2.45) is 5.92 Å². The SMILES string of the molecule is Cc1ccc(-c2nccs2)c(C(=O)N2C3CC(C3)C[C@H]2COc2ccc(F)cn2)c1. The number of thiazole rings is 1. The molecule has 3 aliphatic rings. The summed E-state index contributed by atoms with van der Waals surface area (Å²) in [5, 5.41) is 2.78. The number of amides is 1. The van der Waals surface area contributed by atoms with Gasteiger partial charge in [-0.1, -0.05) is 17.7 Å². The highest BCUT2D eigenvalue weighted by atomic mass is 32.1. The number of aromatic nitrogens is 2. The minimum atomic E-state index is -0.396. The number of fused-ring (bicyclic) bond motifs is 2. The van der Waals surface area contributed by atoms with Gasteiger partial charge >= 0.3 is 0 Å². The molecule has 5 nitrogen and oxygen atoms in total. The quantitative estimate of drug-likeness (QED) is 0.596. The van der Waals surface area contributed by atoms with Crippen LogP contribution in [0.3, 0.4) is 0 Å². The number of carbonyl (C=O) groups excluding carboxylic acids is 1. The summed E-state index contributed by atoms with van der Waals surface area (Å²) in [5.74, 6) is 0.659. The van der Waals surface area contributed by atoms with Crippen LogP contribution in [0.4, 0.5) is 4.39 Å². The summed E-state index contributed by atoms with van der Waals surface area (Å²) in [4.78, 5) is 24.2. The van der Waals surface area contributed by atoms with Crippen molar-refractivity contribution in [3.8, 4) is 16.5 Å². The van der Waals surface area contributed by atoms with Crippen molar-refractivity contribution in [3.63, 3.8) is 0 Å². The molecule has 1 aliphatic carbocycles. The van der Waals surface area contributed by atoms with E-state index in [1.165, 1.54) is 23.5 Å². The summed E-state index contributed by atoms with van der Waals surface area (Å²) in [6, 6.07) is 9.04. The summed E-state index contributed by atoms with van der Waals surface area (Å²) in [6.45, 7) is 2.36. The number of hydrogen-bond acceptors (Lipinski definition) is 5. The van der Waals surface area contributed by atoms with Crippen LogP contribution in [0.1, 0.15) is 35.2 Å². The third kappa shape index (κ3) is 3.58. The zero-order valence-corrected chi connectivity index (χ0v) is 17.4. The molecular weight excluding hydrogens is 401 g/mol. The maximum atomic E-state index is 13.8. The third-order valence-corrected chi connectivity index (χ3v) is 6.84. The molecule has 4 heterocycles. The number of hydrogen-bond donors (Lipinski definition) is 0. The molecule has 1 saturated carbocycles. The minimum Gasteiger partial charge on any atom is -0.475 e. The lowest BCUT2D eigenvalue weighted by Gasteiger charge is -2.53. The van der Waals surface area contributed by atoms with Gasteiger partial charge in [-0.25, -0.2) is 14.4 Å². The second kappa shape index (κ2) is 7.80. The van der Waals surface area contributed by atoms with Gasteiger partial charge in [-0.15, -0.1) is 11.3 Å². The van der Waals surface area contributed by atoms with E-state index < -0.39 is 5.82 Å². The van der Waals surface area contributed by atoms with Gasteiger partial charge in [-0.05, 0) is 44.2 Å². The highest BCUT2D eigenvalue weighted by Crippen LogP contribution is 2.44. The fourth-order valence-corrected chi connectivity index (χ4v) is 5.22. The molecule has 0 N–H and O–H groups in total. The third-order valence-electron chi connectivity index (χ3n) is 6.03. The largest absolute Gasteiger partial charge is 0.475 e. The number of carbonyl (C=O) groups is 1. The highest BCUT2D eigenvalue weighted by Gasteiger charge is 2.47. The van der Waals surface area contributed by atoms with E-state index in [-0.39, 0.29) is 18.0 Å². The first kappa shape index (κ1) is 19.2.